The van der Waals surface area contributed by atoms with E-state index in [9.17, 15) is 4.79 Å². The second-order valence-electron chi connectivity index (χ2n) is 6.10. The van der Waals surface area contributed by atoms with Crippen LogP contribution in [-0.2, 0) is 11.4 Å². The fourth-order valence-electron chi connectivity index (χ4n) is 2.60. The molecular weight excluding hydrogens is 409 g/mol. The molecule has 0 bridgehead atoms. The van der Waals surface area contributed by atoms with E-state index >= 15 is 0 Å². The lowest BCUT2D eigenvalue weighted by atomic mass is 10.2. The summed E-state index contributed by atoms with van der Waals surface area (Å²) < 4.78 is 11.3. The fourth-order valence-corrected chi connectivity index (χ4v) is 3.09. The molecule has 0 aromatic heterocycles. The highest BCUT2D eigenvalue weighted by atomic mass is 35.5. The van der Waals surface area contributed by atoms with Crippen LogP contribution in [-0.4, -0.2) is 13.0 Å². The quantitative estimate of drug-likeness (QED) is 0.454. The molecule has 3 rings (SSSR count). The maximum atomic E-state index is 12.2. The van der Waals surface area contributed by atoms with Crippen molar-refractivity contribution in [3.63, 3.8) is 0 Å². The number of hydrogen-bond acceptors (Lipinski definition) is 3. The molecule has 3 aromatic carbocycles. The Kier molecular flexibility index (Phi) is 7.17. The molecule has 0 unspecified atom stereocenters. The van der Waals surface area contributed by atoms with Gasteiger partial charge < -0.3 is 14.8 Å². The Hall–Kier alpha value is -2.95. The minimum absolute atomic E-state index is 0.344. The number of ether oxygens (including phenoxy) is 2. The predicted molar refractivity (Wildman–Crippen MR) is 118 cm³/mol. The molecular formula is C23H19Cl2NO3. The number of carbonyl (C=O) groups is 1. The van der Waals surface area contributed by atoms with E-state index in [1.165, 1.54) is 6.08 Å². The minimum atomic E-state index is -0.344. The van der Waals surface area contributed by atoms with Gasteiger partial charge in [0.1, 0.15) is 6.61 Å². The topological polar surface area (TPSA) is 47.6 Å². The molecule has 29 heavy (non-hydrogen) atoms. The van der Waals surface area contributed by atoms with Gasteiger partial charge in [0.05, 0.1) is 22.8 Å². The first-order chi connectivity index (χ1) is 14.1. The average Bonchev–Trinajstić information content (AvgIpc) is 2.74. The van der Waals surface area contributed by atoms with Crippen molar-refractivity contribution in [1.29, 1.82) is 0 Å². The van der Waals surface area contributed by atoms with Gasteiger partial charge in [-0.15, -0.1) is 0 Å². The Morgan fingerprint density at radius 1 is 0.966 bits per heavy atom. The summed E-state index contributed by atoms with van der Waals surface area (Å²) in [6.07, 6.45) is 3.07. The largest absolute Gasteiger partial charge is 0.493 e. The first kappa shape index (κ1) is 20.8. The molecule has 0 aliphatic carbocycles. The zero-order valence-corrected chi connectivity index (χ0v) is 17.2. The number of benzene rings is 3. The summed E-state index contributed by atoms with van der Waals surface area (Å²) in [5, 5.41) is 3.43. The third-order valence-corrected chi connectivity index (χ3v) is 4.69. The monoisotopic (exact) mass is 427 g/mol. The third-order valence-electron chi connectivity index (χ3n) is 4.06. The molecule has 6 heteroatoms. The van der Waals surface area contributed by atoms with E-state index in [1.807, 2.05) is 42.5 Å². The predicted octanol–water partition coefficient (Wildman–Crippen LogP) is 6.23. The van der Waals surface area contributed by atoms with Crippen LogP contribution in [0.3, 0.4) is 0 Å². The molecule has 0 atom stereocenters. The van der Waals surface area contributed by atoms with Gasteiger partial charge >= 0.3 is 0 Å². The summed E-state index contributed by atoms with van der Waals surface area (Å²) >= 11 is 12.1. The van der Waals surface area contributed by atoms with Gasteiger partial charge in [-0.3, -0.25) is 4.79 Å². The Morgan fingerprint density at radius 2 is 1.69 bits per heavy atom. The SMILES string of the molecule is COc1cc(/C=C/C(=O)Nc2c(Cl)cccc2Cl)ccc1OCc1ccccc1. The average molecular weight is 428 g/mol. The number of halogens is 2. The number of carbonyl (C=O) groups excluding carboxylic acids is 1. The molecule has 0 saturated heterocycles. The van der Waals surface area contributed by atoms with Crippen LogP contribution in [0, 0.1) is 0 Å². The van der Waals surface area contributed by atoms with E-state index in [2.05, 4.69) is 5.32 Å². The highest BCUT2D eigenvalue weighted by molar-refractivity contribution is 6.39. The highest BCUT2D eigenvalue weighted by Gasteiger charge is 2.08. The van der Waals surface area contributed by atoms with E-state index in [1.54, 1.807) is 37.5 Å². The molecule has 0 aliphatic heterocycles. The Morgan fingerprint density at radius 3 is 2.38 bits per heavy atom. The standard InChI is InChI=1S/C23H19Cl2NO3/c1-28-21-14-16(10-12-20(21)29-15-17-6-3-2-4-7-17)11-13-22(27)26-23-18(24)8-5-9-19(23)25/h2-14H,15H2,1H3,(H,26,27)/b13-11+. The third kappa shape index (κ3) is 5.76. The number of methoxy groups -OCH3 is 1. The van der Waals surface area contributed by atoms with Crippen molar-refractivity contribution in [2.75, 3.05) is 12.4 Å². The molecule has 0 saturated carbocycles. The summed E-state index contributed by atoms with van der Waals surface area (Å²) in [4.78, 5) is 12.2. The van der Waals surface area contributed by atoms with E-state index in [0.717, 1.165) is 11.1 Å². The van der Waals surface area contributed by atoms with Gasteiger partial charge in [-0.25, -0.2) is 0 Å². The number of amides is 1. The normalized spacial score (nSPS) is 10.7. The summed E-state index contributed by atoms with van der Waals surface area (Å²) in [6.45, 7) is 0.438. The Balaban J connectivity index is 1.67. The molecule has 148 valence electrons. The highest BCUT2D eigenvalue weighted by Crippen LogP contribution is 2.31. The summed E-state index contributed by atoms with van der Waals surface area (Å²) in [7, 11) is 1.57. The van der Waals surface area contributed by atoms with E-state index < -0.39 is 0 Å². The molecule has 4 nitrogen and oxygen atoms in total. The molecule has 0 fully saturated rings. The number of anilines is 1. The van der Waals surface area contributed by atoms with Gasteiger partial charge in [-0.2, -0.15) is 0 Å². The summed E-state index contributed by atoms with van der Waals surface area (Å²) in [5.41, 5.74) is 2.23. The van der Waals surface area contributed by atoms with Crippen LogP contribution in [0.15, 0.2) is 72.8 Å². The Labute approximate surface area is 179 Å². The second kappa shape index (κ2) is 10.0. The van der Waals surface area contributed by atoms with Crippen LogP contribution >= 0.6 is 23.2 Å². The maximum absolute atomic E-state index is 12.2. The van der Waals surface area contributed by atoms with E-state index in [-0.39, 0.29) is 5.91 Å². The van der Waals surface area contributed by atoms with Crippen LogP contribution in [0.2, 0.25) is 10.0 Å². The van der Waals surface area contributed by atoms with Gasteiger partial charge in [-0.05, 0) is 41.5 Å². The molecule has 0 heterocycles. The fraction of sp³-hybridized carbons (Fsp3) is 0.0870. The second-order valence-corrected chi connectivity index (χ2v) is 6.92. The van der Waals surface area contributed by atoms with Crippen LogP contribution < -0.4 is 14.8 Å². The smallest absolute Gasteiger partial charge is 0.248 e. The number of rotatable bonds is 7. The summed E-state index contributed by atoms with van der Waals surface area (Å²) in [6, 6.07) is 20.4. The lowest BCUT2D eigenvalue weighted by Crippen LogP contribution is -2.08. The van der Waals surface area contributed by atoms with Crippen molar-refractivity contribution in [2.45, 2.75) is 6.61 Å². The molecule has 0 spiro atoms. The zero-order chi connectivity index (χ0) is 20.6. The van der Waals surface area contributed by atoms with Gasteiger partial charge in [0.15, 0.2) is 11.5 Å². The maximum Gasteiger partial charge on any atom is 0.248 e. The van der Waals surface area contributed by atoms with Crippen molar-refractivity contribution in [1.82, 2.24) is 0 Å². The van der Waals surface area contributed by atoms with Gasteiger partial charge in [0, 0.05) is 6.08 Å². The molecule has 3 aromatic rings. The lowest BCUT2D eigenvalue weighted by molar-refractivity contribution is -0.111. The molecule has 1 amide bonds. The number of para-hydroxylation sites is 1. The van der Waals surface area contributed by atoms with Gasteiger partial charge in [0.25, 0.3) is 0 Å². The van der Waals surface area contributed by atoms with Crippen molar-refractivity contribution >= 4 is 40.9 Å². The molecule has 0 radical (unpaired) electrons. The van der Waals surface area contributed by atoms with Crippen LogP contribution in [0.4, 0.5) is 5.69 Å². The van der Waals surface area contributed by atoms with Gasteiger partial charge in [0.2, 0.25) is 5.91 Å². The van der Waals surface area contributed by atoms with Crippen molar-refractivity contribution in [3.05, 3.63) is 94.0 Å². The minimum Gasteiger partial charge on any atom is -0.493 e. The number of hydrogen-bond donors (Lipinski definition) is 1. The van der Waals surface area contributed by atoms with E-state index in [4.69, 9.17) is 32.7 Å². The van der Waals surface area contributed by atoms with Crippen molar-refractivity contribution in [3.8, 4) is 11.5 Å². The Bertz CT molecular complexity index is 1000. The summed E-state index contributed by atoms with van der Waals surface area (Å²) in [5.74, 6) is 0.863. The van der Waals surface area contributed by atoms with Gasteiger partial charge in [-0.1, -0.05) is 65.7 Å². The van der Waals surface area contributed by atoms with Crippen LogP contribution in [0.1, 0.15) is 11.1 Å². The van der Waals surface area contributed by atoms with Crippen LogP contribution in [0.5, 0.6) is 11.5 Å². The first-order valence-corrected chi connectivity index (χ1v) is 9.60. The number of nitrogens with one attached hydrogen (secondary N) is 1. The van der Waals surface area contributed by atoms with Crippen molar-refractivity contribution < 1.29 is 14.3 Å². The van der Waals surface area contributed by atoms with E-state index in [0.29, 0.717) is 33.8 Å². The van der Waals surface area contributed by atoms with Crippen molar-refractivity contribution in [2.24, 2.45) is 0 Å². The first-order valence-electron chi connectivity index (χ1n) is 8.84. The molecule has 1 N–H and O–H groups in total. The van der Waals surface area contributed by atoms with Crippen LogP contribution in [0.25, 0.3) is 6.08 Å². The zero-order valence-electron chi connectivity index (χ0n) is 15.7. The molecule has 0 aliphatic rings. The lowest BCUT2D eigenvalue weighted by Gasteiger charge is -2.11.